The number of aryl methyl sites for hydroxylation is 1. The van der Waals surface area contributed by atoms with E-state index in [0.717, 1.165) is 51.0 Å². The van der Waals surface area contributed by atoms with Gasteiger partial charge in [0.2, 0.25) is 17.5 Å². The lowest BCUT2D eigenvalue weighted by Gasteiger charge is -2.35. The summed E-state index contributed by atoms with van der Waals surface area (Å²) in [5.41, 5.74) is 2.89. The molecule has 1 aromatic heterocycles. The van der Waals surface area contributed by atoms with Gasteiger partial charge in [0, 0.05) is 25.6 Å². The largest absolute Gasteiger partial charge is 0.424 e. The summed E-state index contributed by atoms with van der Waals surface area (Å²) in [5.74, 6) is 2.43. The van der Waals surface area contributed by atoms with Crippen molar-refractivity contribution in [1.29, 1.82) is 5.26 Å². The lowest BCUT2D eigenvalue weighted by Crippen LogP contribution is -2.41. The first-order valence-corrected chi connectivity index (χ1v) is 12.7. The molecule has 0 radical (unpaired) electrons. The Morgan fingerprint density at radius 2 is 1.88 bits per heavy atom. The first-order valence-electron chi connectivity index (χ1n) is 12.7. The molecule has 6 heteroatoms. The Morgan fingerprint density at radius 3 is 2.55 bits per heavy atom. The van der Waals surface area contributed by atoms with Gasteiger partial charge in [-0.2, -0.15) is 5.26 Å². The first-order chi connectivity index (χ1) is 16.2. The van der Waals surface area contributed by atoms with E-state index in [1.165, 1.54) is 43.2 Å². The molecule has 1 aliphatic heterocycles. The summed E-state index contributed by atoms with van der Waals surface area (Å²) in [7, 11) is 0. The summed E-state index contributed by atoms with van der Waals surface area (Å²) in [6, 6.07) is 11.1. The summed E-state index contributed by atoms with van der Waals surface area (Å²) >= 11 is 0. The van der Waals surface area contributed by atoms with Crippen molar-refractivity contribution < 1.29 is 9.15 Å². The number of morpholine rings is 1. The van der Waals surface area contributed by atoms with Crippen molar-refractivity contribution in [3.05, 3.63) is 47.0 Å². The molecule has 0 bridgehead atoms. The van der Waals surface area contributed by atoms with Crippen molar-refractivity contribution in [2.75, 3.05) is 38.2 Å². The highest BCUT2D eigenvalue weighted by molar-refractivity contribution is 5.46. The van der Waals surface area contributed by atoms with E-state index in [4.69, 9.17) is 9.15 Å². The fraction of sp³-hybridized carbons (Fsp3) is 0.630. The normalized spacial score (nSPS) is 22.6. The molecule has 1 unspecified atom stereocenters. The number of nitriles is 1. The fourth-order valence-electron chi connectivity index (χ4n) is 5.22. The van der Waals surface area contributed by atoms with Gasteiger partial charge in [-0.05, 0) is 44.1 Å². The zero-order valence-electron chi connectivity index (χ0n) is 20.2. The SMILES string of the molecule is CCCCC1CCC(c2nc(C#N)c(NCC(c3ccc(C)cc3)N3CCOCC3)o2)CC1. The van der Waals surface area contributed by atoms with Crippen molar-refractivity contribution in [3.63, 3.8) is 0 Å². The topological polar surface area (TPSA) is 74.3 Å². The molecule has 0 spiro atoms. The molecule has 1 aromatic carbocycles. The number of anilines is 1. The average molecular weight is 451 g/mol. The monoisotopic (exact) mass is 450 g/mol. The lowest BCUT2D eigenvalue weighted by atomic mass is 9.80. The van der Waals surface area contributed by atoms with E-state index in [9.17, 15) is 5.26 Å². The molecule has 2 heterocycles. The maximum absolute atomic E-state index is 9.69. The minimum atomic E-state index is 0.184. The number of nitrogens with zero attached hydrogens (tertiary/aromatic N) is 3. The second kappa shape index (κ2) is 11.7. The molecule has 6 nitrogen and oxygen atoms in total. The highest BCUT2D eigenvalue weighted by atomic mass is 16.5. The van der Waals surface area contributed by atoms with E-state index >= 15 is 0 Å². The summed E-state index contributed by atoms with van der Waals surface area (Å²) < 4.78 is 11.7. The number of aromatic nitrogens is 1. The standard InChI is InChI=1S/C27H38N4O2/c1-3-4-5-21-8-12-23(13-9-21)26-30-24(18-28)27(33-26)29-19-25(31-14-16-32-17-15-31)22-10-6-20(2)7-11-22/h6-7,10-11,21,23,25,29H,3-5,8-9,12-17,19H2,1-2H3. The van der Waals surface area contributed by atoms with Crippen LogP contribution in [0.4, 0.5) is 5.88 Å². The van der Waals surface area contributed by atoms with Crippen LogP contribution in [0.25, 0.3) is 0 Å². The van der Waals surface area contributed by atoms with E-state index in [1.807, 2.05) is 0 Å². The van der Waals surface area contributed by atoms with Gasteiger partial charge in [0.05, 0.1) is 19.3 Å². The van der Waals surface area contributed by atoms with Crippen LogP contribution in [0, 0.1) is 24.2 Å². The minimum Gasteiger partial charge on any atom is -0.424 e. The third kappa shape index (κ3) is 6.16. The third-order valence-electron chi connectivity index (χ3n) is 7.32. The molecule has 4 rings (SSSR count). The number of oxazole rings is 1. The van der Waals surface area contributed by atoms with Crippen molar-refractivity contribution >= 4 is 5.88 Å². The molecule has 1 aliphatic carbocycles. The van der Waals surface area contributed by atoms with Crippen LogP contribution in [-0.4, -0.2) is 42.7 Å². The first kappa shape index (κ1) is 23.8. The van der Waals surface area contributed by atoms with Gasteiger partial charge in [-0.3, -0.25) is 4.90 Å². The van der Waals surface area contributed by atoms with Gasteiger partial charge in [-0.1, -0.05) is 56.0 Å². The predicted octanol–water partition coefficient (Wildman–Crippen LogP) is 5.80. The fourth-order valence-corrected chi connectivity index (χ4v) is 5.22. The van der Waals surface area contributed by atoms with Gasteiger partial charge in [-0.25, -0.2) is 4.98 Å². The Kier molecular flexibility index (Phi) is 8.41. The molecule has 2 aromatic rings. The number of rotatable bonds is 9. The summed E-state index contributed by atoms with van der Waals surface area (Å²) in [5, 5.41) is 13.1. The number of ether oxygens (including phenoxy) is 1. The summed E-state index contributed by atoms with van der Waals surface area (Å²) in [4.78, 5) is 7.04. The molecule has 2 fully saturated rings. The maximum Gasteiger partial charge on any atom is 0.232 e. The maximum atomic E-state index is 9.69. The van der Waals surface area contributed by atoms with Crippen molar-refractivity contribution in [2.45, 2.75) is 70.8 Å². The Balaban J connectivity index is 1.43. The Labute approximate surface area is 198 Å². The highest BCUT2D eigenvalue weighted by Gasteiger charge is 2.28. The number of hydrogen-bond acceptors (Lipinski definition) is 6. The average Bonchev–Trinajstić information content (AvgIpc) is 3.28. The number of unbranched alkanes of at least 4 members (excludes halogenated alkanes) is 1. The van der Waals surface area contributed by atoms with E-state index < -0.39 is 0 Å². The lowest BCUT2D eigenvalue weighted by molar-refractivity contribution is 0.0186. The van der Waals surface area contributed by atoms with E-state index in [1.54, 1.807) is 0 Å². The molecule has 1 N–H and O–H groups in total. The van der Waals surface area contributed by atoms with Crippen molar-refractivity contribution in [2.24, 2.45) is 5.92 Å². The zero-order valence-corrected chi connectivity index (χ0v) is 20.2. The Morgan fingerprint density at radius 1 is 1.15 bits per heavy atom. The smallest absolute Gasteiger partial charge is 0.232 e. The zero-order chi connectivity index (χ0) is 23.0. The van der Waals surface area contributed by atoms with Gasteiger partial charge in [0.1, 0.15) is 6.07 Å². The van der Waals surface area contributed by atoms with Crippen LogP contribution in [0.5, 0.6) is 0 Å². The molecular formula is C27H38N4O2. The number of nitrogens with one attached hydrogen (secondary N) is 1. The predicted molar refractivity (Wildman–Crippen MR) is 130 cm³/mol. The number of hydrogen-bond donors (Lipinski definition) is 1. The van der Waals surface area contributed by atoms with Crippen LogP contribution >= 0.6 is 0 Å². The van der Waals surface area contributed by atoms with Gasteiger partial charge in [-0.15, -0.1) is 0 Å². The molecule has 2 aliphatic rings. The molecule has 0 amide bonds. The second-order valence-electron chi connectivity index (χ2n) is 9.66. The quantitative estimate of drug-likeness (QED) is 0.520. The molecular weight excluding hydrogens is 412 g/mol. The van der Waals surface area contributed by atoms with Gasteiger partial charge >= 0.3 is 0 Å². The highest BCUT2D eigenvalue weighted by Crippen LogP contribution is 2.38. The Hall–Kier alpha value is -2.36. The second-order valence-corrected chi connectivity index (χ2v) is 9.66. The van der Waals surface area contributed by atoms with Crippen LogP contribution in [0.1, 0.15) is 86.5 Å². The minimum absolute atomic E-state index is 0.184. The molecule has 1 saturated heterocycles. The van der Waals surface area contributed by atoms with Gasteiger partial charge in [0.25, 0.3) is 0 Å². The van der Waals surface area contributed by atoms with E-state index in [-0.39, 0.29) is 6.04 Å². The molecule has 33 heavy (non-hydrogen) atoms. The number of benzene rings is 1. The van der Waals surface area contributed by atoms with Crippen LogP contribution in [0.3, 0.4) is 0 Å². The van der Waals surface area contributed by atoms with E-state index in [2.05, 4.69) is 59.4 Å². The Bertz CT molecular complexity index is 903. The van der Waals surface area contributed by atoms with Crippen LogP contribution < -0.4 is 5.32 Å². The van der Waals surface area contributed by atoms with Crippen molar-refractivity contribution in [3.8, 4) is 6.07 Å². The van der Waals surface area contributed by atoms with Crippen LogP contribution in [-0.2, 0) is 4.74 Å². The van der Waals surface area contributed by atoms with Gasteiger partial charge < -0.3 is 14.5 Å². The molecule has 1 saturated carbocycles. The van der Waals surface area contributed by atoms with E-state index in [0.29, 0.717) is 24.0 Å². The summed E-state index contributed by atoms with van der Waals surface area (Å²) in [6.45, 7) is 8.33. The van der Waals surface area contributed by atoms with Crippen LogP contribution in [0.15, 0.2) is 28.7 Å². The third-order valence-corrected chi connectivity index (χ3v) is 7.32. The van der Waals surface area contributed by atoms with Crippen LogP contribution in [0.2, 0.25) is 0 Å². The van der Waals surface area contributed by atoms with Gasteiger partial charge in [0.15, 0.2) is 0 Å². The summed E-state index contributed by atoms with van der Waals surface area (Å²) in [6.07, 6.45) is 8.64. The van der Waals surface area contributed by atoms with Crippen molar-refractivity contribution in [1.82, 2.24) is 9.88 Å². The molecule has 1 atom stereocenters. The molecule has 178 valence electrons.